The number of rotatable bonds is 5. The molecule has 1 heterocycles. The summed E-state index contributed by atoms with van der Waals surface area (Å²) < 4.78 is 0. The number of aliphatic carboxylic acids is 2. The third kappa shape index (κ3) is 3.00. The Morgan fingerprint density at radius 3 is 2.70 bits per heavy atom. The van der Waals surface area contributed by atoms with Gasteiger partial charge < -0.3 is 15.5 Å². The van der Waals surface area contributed by atoms with Crippen molar-refractivity contribution in [3.05, 3.63) is 30.1 Å². The maximum absolute atomic E-state index is 11.1. The molecular formula is C13H13N3O4. The molecule has 0 saturated carbocycles. The first-order valence-corrected chi connectivity index (χ1v) is 5.90. The van der Waals surface area contributed by atoms with Crippen LogP contribution in [0.15, 0.2) is 24.5 Å². The van der Waals surface area contributed by atoms with Crippen molar-refractivity contribution in [3.8, 4) is 0 Å². The van der Waals surface area contributed by atoms with Gasteiger partial charge in [-0.05, 0) is 19.1 Å². The lowest BCUT2D eigenvalue weighted by Gasteiger charge is -2.14. The summed E-state index contributed by atoms with van der Waals surface area (Å²) in [5, 5.41) is 21.1. The Balaban J connectivity index is 2.39. The summed E-state index contributed by atoms with van der Waals surface area (Å²) in [4.78, 5) is 29.8. The first-order valence-electron chi connectivity index (χ1n) is 5.90. The average Bonchev–Trinajstić information content (AvgIpc) is 2.38. The quantitative estimate of drug-likeness (QED) is 0.753. The minimum absolute atomic E-state index is 0.312. The molecule has 2 rings (SSSR count). The van der Waals surface area contributed by atoms with E-state index in [0.717, 1.165) is 5.56 Å². The van der Waals surface area contributed by atoms with Crippen molar-refractivity contribution in [1.29, 1.82) is 0 Å². The zero-order valence-corrected chi connectivity index (χ0v) is 10.7. The van der Waals surface area contributed by atoms with E-state index in [0.29, 0.717) is 16.7 Å². The van der Waals surface area contributed by atoms with Gasteiger partial charge in [0.15, 0.2) is 0 Å². The van der Waals surface area contributed by atoms with Crippen LogP contribution in [-0.2, 0) is 9.59 Å². The van der Waals surface area contributed by atoms with Crippen LogP contribution in [-0.4, -0.2) is 38.2 Å². The molecule has 0 amide bonds. The summed E-state index contributed by atoms with van der Waals surface area (Å²) in [6.07, 6.45) is 0.770. The Labute approximate surface area is 114 Å². The van der Waals surface area contributed by atoms with Gasteiger partial charge in [0.25, 0.3) is 0 Å². The SMILES string of the molecule is Cc1ccc2ncnc(NC(CC(=O)O)C(=O)O)c2c1. The number of nitrogens with zero attached hydrogens (tertiary/aromatic N) is 2. The molecule has 3 N–H and O–H groups in total. The van der Waals surface area contributed by atoms with E-state index in [-0.39, 0.29) is 0 Å². The first-order chi connectivity index (χ1) is 9.47. The van der Waals surface area contributed by atoms with Crippen LogP contribution in [0.4, 0.5) is 5.82 Å². The van der Waals surface area contributed by atoms with Gasteiger partial charge in [-0.2, -0.15) is 0 Å². The third-order valence-electron chi connectivity index (χ3n) is 2.78. The van der Waals surface area contributed by atoms with E-state index in [1.807, 2.05) is 19.1 Å². The van der Waals surface area contributed by atoms with Gasteiger partial charge in [0.05, 0.1) is 11.9 Å². The molecule has 1 aromatic heterocycles. The molecule has 1 atom stereocenters. The van der Waals surface area contributed by atoms with Crippen LogP contribution < -0.4 is 5.32 Å². The fourth-order valence-corrected chi connectivity index (χ4v) is 1.83. The molecule has 0 aliphatic carbocycles. The van der Waals surface area contributed by atoms with Crippen LogP contribution in [0.25, 0.3) is 10.9 Å². The Morgan fingerprint density at radius 1 is 1.30 bits per heavy atom. The van der Waals surface area contributed by atoms with Crippen molar-refractivity contribution in [3.63, 3.8) is 0 Å². The fraction of sp³-hybridized carbons (Fsp3) is 0.231. The standard InChI is InChI=1S/C13H13N3O4/c1-7-2-3-9-8(4-7)12(15-6-14-9)16-10(13(19)20)5-11(17)18/h2-4,6,10H,5H2,1H3,(H,17,18)(H,19,20)(H,14,15,16). The second-order valence-electron chi connectivity index (χ2n) is 4.38. The predicted molar refractivity (Wildman–Crippen MR) is 71.6 cm³/mol. The highest BCUT2D eigenvalue weighted by molar-refractivity contribution is 5.92. The Morgan fingerprint density at radius 2 is 2.05 bits per heavy atom. The normalized spacial score (nSPS) is 12.1. The summed E-state index contributed by atoms with van der Waals surface area (Å²) in [5.74, 6) is -2.13. The van der Waals surface area contributed by atoms with Crippen LogP contribution in [0.2, 0.25) is 0 Å². The minimum Gasteiger partial charge on any atom is -0.481 e. The number of fused-ring (bicyclic) bond motifs is 1. The highest BCUT2D eigenvalue weighted by atomic mass is 16.4. The van der Waals surface area contributed by atoms with Crippen molar-refractivity contribution in [1.82, 2.24) is 9.97 Å². The van der Waals surface area contributed by atoms with Crippen LogP contribution in [0.3, 0.4) is 0 Å². The fourth-order valence-electron chi connectivity index (χ4n) is 1.83. The van der Waals surface area contributed by atoms with E-state index in [4.69, 9.17) is 10.2 Å². The second kappa shape index (κ2) is 5.52. The Bertz CT molecular complexity index is 672. The number of carboxylic acid groups (broad SMARTS) is 2. The van der Waals surface area contributed by atoms with Gasteiger partial charge >= 0.3 is 11.9 Å². The van der Waals surface area contributed by atoms with Crippen molar-refractivity contribution < 1.29 is 19.8 Å². The average molecular weight is 275 g/mol. The molecule has 1 unspecified atom stereocenters. The Kier molecular flexibility index (Phi) is 3.79. The minimum atomic E-state index is -1.24. The molecule has 104 valence electrons. The molecule has 7 nitrogen and oxygen atoms in total. The van der Waals surface area contributed by atoms with Gasteiger partial charge in [-0.3, -0.25) is 4.79 Å². The zero-order valence-electron chi connectivity index (χ0n) is 10.7. The highest BCUT2D eigenvalue weighted by Gasteiger charge is 2.22. The number of nitrogens with one attached hydrogen (secondary N) is 1. The first kappa shape index (κ1) is 13.7. The molecule has 0 spiro atoms. The number of carboxylic acids is 2. The molecule has 20 heavy (non-hydrogen) atoms. The maximum Gasteiger partial charge on any atom is 0.326 e. The monoisotopic (exact) mass is 275 g/mol. The number of benzene rings is 1. The second-order valence-corrected chi connectivity index (χ2v) is 4.38. The zero-order chi connectivity index (χ0) is 14.7. The molecular weight excluding hydrogens is 262 g/mol. The van der Waals surface area contributed by atoms with Gasteiger partial charge in [0, 0.05) is 5.39 Å². The van der Waals surface area contributed by atoms with Crippen LogP contribution in [0.5, 0.6) is 0 Å². The summed E-state index contributed by atoms with van der Waals surface area (Å²) >= 11 is 0. The summed E-state index contributed by atoms with van der Waals surface area (Å²) in [5.41, 5.74) is 1.63. The number of carbonyl (C=O) groups is 2. The topological polar surface area (TPSA) is 112 Å². The van der Waals surface area contributed by atoms with E-state index >= 15 is 0 Å². The smallest absolute Gasteiger partial charge is 0.326 e. The predicted octanol–water partition coefficient (Wildman–Crippen LogP) is 1.28. The molecule has 7 heteroatoms. The van der Waals surface area contributed by atoms with E-state index in [1.165, 1.54) is 6.33 Å². The molecule has 1 aromatic carbocycles. The lowest BCUT2D eigenvalue weighted by molar-refractivity contribution is -0.144. The number of aryl methyl sites for hydroxylation is 1. The largest absolute Gasteiger partial charge is 0.481 e. The molecule has 0 radical (unpaired) electrons. The molecule has 0 fully saturated rings. The van der Waals surface area contributed by atoms with Crippen LogP contribution in [0.1, 0.15) is 12.0 Å². The Hall–Kier alpha value is -2.70. The molecule has 0 aliphatic heterocycles. The summed E-state index contributed by atoms with van der Waals surface area (Å²) in [6.45, 7) is 1.89. The van der Waals surface area contributed by atoms with E-state index in [9.17, 15) is 9.59 Å². The van der Waals surface area contributed by atoms with Gasteiger partial charge in [-0.1, -0.05) is 11.6 Å². The number of anilines is 1. The lowest BCUT2D eigenvalue weighted by Crippen LogP contribution is -2.32. The van der Waals surface area contributed by atoms with Crippen molar-refractivity contribution in [2.45, 2.75) is 19.4 Å². The van der Waals surface area contributed by atoms with Gasteiger partial charge in [0.1, 0.15) is 18.2 Å². The number of hydrogen-bond acceptors (Lipinski definition) is 5. The number of aromatic nitrogens is 2. The van der Waals surface area contributed by atoms with Crippen LogP contribution >= 0.6 is 0 Å². The number of hydrogen-bond donors (Lipinski definition) is 3. The highest BCUT2D eigenvalue weighted by Crippen LogP contribution is 2.21. The molecule has 2 aromatic rings. The van der Waals surface area contributed by atoms with Gasteiger partial charge in [0.2, 0.25) is 0 Å². The van der Waals surface area contributed by atoms with Crippen molar-refractivity contribution in [2.24, 2.45) is 0 Å². The van der Waals surface area contributed by atoms with E-state index in [2.05, 4.69) is 15.3 Å². The van der Waals surface area contributed by atoms with Gasteiger partial charge in [-0.25, -0.2) is 14.8 Å². The van der Waals surface area contributed by atoms with E-state index < -0.39 is 24.4 Å². The van der Waals surface area contributed by atoms with Gasteiger partial charge in [-0.15, -0.1) is 0 Å². The lowest BCUT2D eigenvalue weighted by atomic mass is 10.1. The summed E-state index contributed by atoms with van der Waals surface area (Å²) in [7, 11) is 0. The summed E-state index contributed by atoms with van der Waals surface area (Å²) in [6, 6.07) is 4.25. The third-order valence-corrected chi connectivity index (χ3v) is 2.78. The molecule has 0 saturated heterocycles. The van der Waals surface area contributed by atoms with E-state index in [1.54, 1.807) is 6.07 Å². The van der Waals surface area contributed by atoms with Crippen LogP contribution in [0, 0.1) is 6.92 Å². The maximum atomic E-state index is 11.1. The van der Waals surface area contributed by atoms with Crippen molar-refractivity contribution in [2.75, 3.05) is 5.32 Å². The molecule has 0 aliphatic rings. The molecule has 0 bridgehead atoms. The van der Waals surface area contributed by atoms with Crippen molar-refractivity contribution >= 4 is 28.7 Å².